The van der Waals surface area contributed by atoms with Crippen LogP contribution in [-0.2, 0) is 4.79 Å². The van der Waals surface area contributed by atoms with Gasteiger partial charge in [0, 0.05) is 15.6 Å². The monoisotopic (exact) mass is 467 g/mol. The molecule has 150 valence electrons. The van der Waals surface area contributed by atoms with Gasteiger partial charge in [0.05, 0.1) is 5.69 Å². The first kappa shape index (κ1) is 19.8. The highest BCUT2D eigenvalue weighted by Gasteiger charge is 2.11. The highest BCUT2D eigenvalue weighted by atomic mass is 79.9. The summed E-state index contributed by atoms with van der Waals surface area (Å²) in [5, 5.41) is 6.65. The van der Waals surface area contributed by atoms with E-state index in [0.717, 1.165) is 11.1 Å². The van der Waals surface area contributed by atoms with E-state index in [1.54, 1.807) is 24.3 Å². The molecule has 0 unspecified atom stereocenters. The second kappa shape index (κ2) is 8.87. The van der Waals surface area contributed by atoms with E-state index >= 15 is 0 Å². The van der Waals surface area contributed by atoms with Crippen molar-refractivity contribution >= 4 is 27.5 Å². The van der Waals surface area contributed by atoms with Crippen molar-refractivity contribution in [1.29, 1.82) is 0 Å². The predicted octanol–water partition coefficient (Wildman–Crippen LogP) is 5.32. The minimum Gasteiger partial charge on any atom is -0.484 e. The van der Waals surface area contributed by atoms with Crippen LogP contribution in [0.25, 0.3) is 22.8 Å². The normalized spacial score (nSPS) is 10.6. The molecule has 0 spiro atoms. The molecule has 0 saturated carbocycles. The molecule has 0 saturated heterocycles. The van der Waals surface area contributed by atoms with E-state index in [-0.39, 0.29) is 12.5 Å². The lowest BCUT2D eigenvalue weighted by molar-refractivity contribution is -0.118. The van der Waals surface area contributed by atoms with Gasteiger partial charge in [-0.15, -0.1) is 0 Å². The van der Waals surface area contributed by atoms with E-state index in [1.165, 1.54) is 18.2 Å². The number of hydrogen-bond acceptors (Lipinski definition) is 5. The first-order valence-corrected chi connectivity index (χ1v) is 9.75. The summed E-state index contributed by atoms with van der Waals surface area (Å²) in [6, 6.07) is 20.5. The van der Waals surface area contributed by atoms with E-state index in [1.807, 2.05) is 30.3 Å². The first-order chi connectivity index (χ1) is 14.6. The number of benzene rings is 3. The van der Waals surface area contributed by atoms with Crippen molar-refractivity contribution in [3.63, 3.8) is 0 Å². The van der Waals surface area contributed by atoms with E-state index in [2.05, 4.69) is 31.4 Å². The summed E-state index contributed by atoms with van der Waals surface area (Å²) in [6.07, 6.45) is 0. The molecule has 0 bridgehead atoms. The Bertz CT molecular complexity index is 1160. The fraction of sp³-hybridized carbons (Fsp3) is 0.0455. The average molecular weight is 468 g/mol. The molecule has 0 aliphatic heterocycles. The van der Waals surface area contributed by atoms with Crippen molar-refractivity contribution in [2.45, 2.75) is 0 Å². The van der Waals surface area contributed by atoms with Crippen LogP contribution < -0.4 is 10.1 Å². The molecule has 0 fully saturated rings. The molecule has 4 rings (SSSR count). The largest absolute Gasteiger partial charge is 0.484 e. The van der Waals surface area contributed by atoms with Gasteiger partial charge in [-0.05, 0) is 58.4 Å². The molecule has 1 N–H and O–H groups in total. The molecule has 3 aromatic carbocycles. The third-order valence-corrected chi connectivity index (χ3v) is 4.79. The van der Waals surface area contributed by atoms with Crippen LogP contribution in [-0.4, -0.2) is 22.7 Å². The first-order valence-electron chi connectivity index (χ1n) is 8.96. The Morgan fingerprint density at radius 2 is 1.80 bits per heavy atom. The number of nitrogens with one attached hydrogen (secondary N) is 1. The van der Waals surface area contributed by atoms with Gasteiger partial charge >= 0.3 is 0 Å². The number of nitrogens with zero attached hydrogens (tertiary/aromatic N) is 2. The number of amides is 1. The summed E-state index contributed by atoms with van der Waals surface area (Å²) >= 11 is 3.20. The molecular formula is C22H15BrFN3O3. The number of aromatic nitrogens is 2. The lowest BCUT2D eigenvalue weighted by atomic mass is 10.2. The van der Waals surface area contributed by atoms with Crippen LogP contribution in [0.2, 0.25) is 0 Å². The standard InChI is InChI=1S/C22H15BrFN3O3/c23-18-12-16(24)8-11-19(18)25-20(28)13-29-17-9-6-15(7-10-17)22-26-21(27-30-22)14-4-2-1-3-5-14/h1-12H,13H2,(H,25,28). The Balaban J connectivity index is 1.36. The zero-order valence-corrected chi connectivity index (χ0v) is 17.1. The van der Waals surface area contributed by atoms with Crippen LogP contribution in [0.5, 0.6) is 5.75 Å². The Labute approximate surface area is 179 Å². The van der Waals surface area contributed by atoms with Crippen LogP contribution in [0.15, 0.2) is 81.8 Å². The number of carbonyl (C=O) groups is 1. The van der Waals surface area contributed by atoms with Gasteiger partial charge in [-0.2, -0.15) is 4.98 Å². The average Bonchev–Trinajstić information content (AvgIpc) is 3.26. The van der Waals surface area contributed by atoms with Gasteiger partial charge < -0.3 is 14.6 Å². The number of rotatable bonds is 6. The summed E-state index contributed by atoms with van der Waals surface area (Å²) < 4.78 is 24.4. The second-order valence-electron chi connectivity index (χ2n) is 6.27. The van der Waals surface area contributed by atoms with Crippen molar-refractivity contribution < 1.29 is 18.4 Å². The van der Waals surface area contributed by atoms with E-state index < -0.39 is 5.82 Å². The van der Waals surface area contributed by atoms with Gasteiger partial charge in [0.25, 0.3) is 11.8 Å². The summed E-state index contributed by atoms with van der Waals surface area (Å²) in [4.78, 5) is 16.5. The fourth-order valence-electron chi connectivity index (χ4n) is 2.66. The molecule has 1 amide bonds. The SMILES string of the molecule is O=C(COc1ccc(-c2nc(-c3ccccc3)no2)cc1)Nc1ccc(F)cc1Br. The molecule has 8 heteroatoms. The highest BCUT2D eigenvalue weighted by molar-refractivity contribution is 9.10. The van der Waals surface area contributed by atoms with Crippen LogP contribution in [0.3, 0.4) is 0 Å². The van der Waals surface area contributed by atoms with Crippen LogP contribution in [0.4, 0.5) is 10.1 Å². The zero-order chi connectivity index (χ0) is 20.9. The number of halogens is 2. The van der Waals surface area contributed by atoms with Crippen LogP contribution >= 0.6 is 15.9 Å². The Hall–Kier alpha value is -3.52. The smallest absolute Gasteiger partial charge is 0.262 e. The Morgan fingerprint density at radius 3 is 2.53 bits per heavy atom. The maximum absolute atomic E-state index is 13.1. The highest BCUT2D eigenvalue weighted by Crippen LogP contribution is 2.25. The molecule has 0 radical (unpaired) electrons. The van der Waals surface area contributed by atoms with E-state index in [9.17, 15) is 9.18 Å². The van der Waals surface area contributed by atoms with Crippen molar-refractivity contribution in [1.82, 2.24) is 10.1 Å². The quantitative estimate of drug-likeness (QED) is 0.415. The van der Waals surface area contributed by atoms with Crippen molar-refractivity contribution in [2.75, 3.05) is 11.9 Å². The number of carbonyl (C=O) groups excluding carboxylic acids is 1. The van der Waals surface area contributed by atoms with E-state index in [0.29, 0.717) is 27.6 Å². The molecule has 30 heavy (non-hydrogen) atoms. The zero-order valence-electron chi connectivity index (χ0n) is 15.5. The van der Waals surface area contributed by atoms with Gasteiger partial charge in [0.1, 0.15) is 11.6 Å². The van der Waals surface area contributed by atoms with E-state index in [4.69, 9.17) is 9.26 Å². The number of ether oxygens (including phenoxy) is 1. The predicted molar refractivity (Wildman–Crippen MR) is 113 cm³/mol. The number of hydrogen-bond donors (Lipinski definition) is 1. The lowest BCUT2D eigenvalue weighted by Crippen LogP contribution is -2.20. The Kier molecular flexibility index (Phi) is 5.85. The Morgan fingerprint density at radius 1 is 1.03 bits per heavy atom. The van der Waals surface area contributed by atoms with Crippen molar-refractivity contribution in [2.24, 2.45) is 0 Å². The third kappa shape index (κ3) is 4.72. The van der Waals surface area contributed by atoms with Gasteiger partial charge in [-0.3, -0.25) is 4.79 Å². The lowest BCUT2D eigenvalue weighted by Gasteiger charge is -2.09. The van der Waals surface area contributed by atoms with Gasteiger partial charge in [-0.1, -0.05) is 35.5 Å². The van der Waals surface area contributed by atoms with Gasteiger partial charge in [-0.25, -0.2) is 4.39 Å². The molecule has 0 aliphatic carbocycles. The van der Waals surface area contributed by atoms with Gasteiger partial charge in [0.2, 0.25) is 5.82 Å². The minimum absolute atomic E-state index is 0.193. The molecule has 1 heterocycles. The molecule has 4 aromatic rings. The summed E-state index contributed by atoms with van der Waals surface area (Å²) in [5.41, 5.74) is 2.06. The molecule has 0 aliphatic rings. The third-order valence-electron chi connectivity index (χ3n) is 4.13. The summed E-state index contributed by atoms with van der Waals surface area (Å²) in [6.45, 7) is -0.193. The van der Waals surface area contributed by atoms with Crippen LogP contribution in [0, 0.1) is 5.82 Å². The molecule has 0 atom stereocenters. The second-order valence-corrected chi connectivity index (χ2v) is 7.13. The molecule has 1 aromatic heterocycles. The van der Waals surface area contributed by atoms with Crippen molar-refractivity contribution in [3.05, 3.63) is 83.1 Å². The minimum atomic E-state index is -0.395. The van der Waals surface area contributed by atoms with Gasteiger partial charge in [0.15, 0.2) is 6.61 Å². The number of anilines is 1. The topological polar surface area (TPSA) is 77.2 Å². The van der Waals surface area contributed by atoms with Crippen molar-refractivity contribution in [3.8, 4) is 28.6 Å². The maximum atomic E-state index is 13.1. The molecule has 6 nitrogen and oxygen atoms in total. The maximum Gasteiger partial charge on any atom is 0.262 e. The fourth-order valence-corrected chi connectivity index (χ4v) is 3.11. The molecular weight excluding hydrogens is 453 g/mol. The summed E-state index contributed by atoms with van der Waals surface area (Å²) in [7, 11) is 0. The van der Waals surface area contributed by atoms with Crippen LogP contribution in [0.1, 0.15) is 0 Å². The summed E-state index contributed by atoms with van der Waals surface area (Å²) in [5.74, 6) is 0.646.